The summed E-state index contributed by atoms with van der Waals surface area (Å²) in [5.74, 6) is 0. The molecule has 0 saturated carbocycles. The van der Waals surface area contributed by atoms with E-state index in [9.17, 15) is 0 Å². The highest BCUT2D eigenvalue weighted by Gasteiger charge is 2.05. The number of allylic oxidation sites excluding steroid dienone is 5. The fraction of sp³-hybridized carbons (Fsp3) is 0.143. The molecule has 2 aromatic rings. The Kier molecular flexibility index (Phi) is 4.10. The number of hydrogen-bond donors (Lipinski definition) is 0. The van der Waals surface area contributed by atoms with E-state index in [0.717, 1.165) is 27.6 Å². The minimum absolute atomic E-state index is 0.761. The standard InChI is InChI=1S/C14H14BrN3/c1-11(2)7-8-12(9-10-15)18-14-6-4-3-5-13(14)16-17-18/h3-9H,1,10H2,2H3/b8-7-,12-9+. The Morgan fingerprint density at radius 3 is 2.89 bits per heavy atom. The van der Waals surface area contributed by atoms with Gasteiger partial charge in [-0.15, -0.1) is 5.10 Å². The molecule has 0 saturated heterocycles. The first kappa shape index (κ1) is 12.8. The summed E-state index contributed by atoms with van der Waals surface area (Å²) in [5, 5.41) is 9.10. The van der Waals surface area contributed by atoms with Gasteiger partial charge in [-0.05, 0) is 31.2 Å². The molecule has 1 aromatic heterocycles. The molecule has 0 spiro atoms. The van der Waals surface area contributed by atoms with Crippen LogP contribution in [0.1, 0.15) is 6.92 Å². The Bertz CT molecular complexity index is 623. The van der Waals surface area contributed by atoms with E-state index >= 15 is 0 Å². The second kappa shape index (κ2) is 5.78. The number of aromatic nitrogens is 3. The second-order valence-corrected chi connectivity index (χ2v) is 4.60. The number of nitrogens with zero attached hydrogens (tertiary/aromatic N) is 3. The molecule has 0 amide bonds. The maximum absolute atomic E-state index is 4.19. The van der Waals surface area contributed by atoms with Crippen molar-refractivity contribution in [3.8, 4) is 0 Å². The van der Waals surface area contributed by atoms with Crippen LogP contribution in [0.25, 0.3) is 16.7 Å². The molecule has 1 heterocycles. The molecule has 1 aromatic carbocycles. The second-order valence-electron chi connectivity index (χ2n) is 3.95. The summed E-state index contributed by atoms with van der Waals surface area (Å²) < 4.78 is 1.83. The first-order chi connectivity index (χ1) is 8.72. The monoisotopic (exact) mass is 303 g/mol. The lowest BCUT2D eigenvalue weighted by molar-refractivity contribution is 0.844. The van der Waals surface area contributed by atoms with Crippen molar-refractivity contribution in [2.45, 2.75) is 6.92 Å². The van der Waals surface area contributed by atoms with Gasteiger partial charge in [0.1, 0.15) is 5.52 Å². The quantitative estimate of drug-likeness (QED) is 0.635. The van der Waals surface area contributed by atoms with Crippen LogP contribution in [0.15, 0.2) is 54.6 Å². The van der Waals surface area contributed by atoms with Crippen molar-refractivity contribution in [3.63, 3.8) is 0 Å². The van der Waals surface area contributed by atoms with Crippen LogP contribution < -0.4 is 0 Å². The van der Waals surface area contributed by atoms with Gasteiger partial charge in [-0.1, -0.05) is 51.5 Å². The van der Waals surface area contributed by atoms with Crippen molar-refractivity contribution in [1.29, 1.82) is 0 Å². The van der Waals surface area contributed by atoms with Gasteiger partial charge in [-0.25, -0.2) is 4.68 Å². The van der Waals surface area contributed by atoms with Gasteiger partial charge in [0.05, 0.1) is 11.2 Å². The number of halogens is 1. The molecular weight excluding hydrogens is 290 g/mol. The lowest BCUT2D eigenvalue weighted by Gasteiger charge is -2.02. The molecular formula is C14H14BrN3. The highest BCUT2D eigenvalue weighted by atomic mass is 79.9. The zero-order valence-corrected chi connectivity index (χ0v) is 11.8. The highest BCUT2D eigenvalue weighted by molar-refractivity contribution is 9.09. The molecule has 92 valence electrons. The number of para-hydroxylation sites is 1. The Morgan fingerprint density at radius 1 is 1.39 bits per heavy atom. The third-order valence-corrected chi connectivity index (χ3v) is 2.75. The van der Waals surface area contributed by atoms with Crippen molar-refractivity contribution in [3.05, 3.63) is 54.6 Å². The van der Waals surface area contributed by atoms with Crippen LogP contribution in [-0.2, 0) is 0 Å². The molecule has 18 heavy (non-hydrogen) atoms. The van der Waals surface area contributed by atoms with E-state index in [2.05, 4.69) is 32.8 Å². The fourth-order valence-electron chi connectivity index (χ4n) is 1.59. The van der Waals surface area contributed by atoms with Gasteiger partial charge in [-0.2, -0.15) is 0 Å². The third kappa shape index (κ3) is 2.76. The van der Waals surface area contributed by atoms with E-state index in [-0.39, 0.29) is 0 Å². The molecule has 0 atom stereocenters. The van der Waals surface area contributed by atoms with Crippen LogP contribution in [0.4, 0.5) is 0 Å². The van der Waals surface area contributed by atoms with Crippen LogP contribution in [0.2, 0.25) is 0 Å². The number of hydrogen-bond acceptors (Lipinski definition) is 2. The predicted octanol–water partition coefficient (Wildman–Crippen LogP) is 3.80. The molecule has 0 radical (unpaired) electrons. The first-order valence-electron chi connectivity index (χ1n) is 5.63. The lowest BCUT2D eigenvalue weighted by atomic mass is 10.2. The number of benzene rings is 1. The molecule has 0 bridgehead atoms. The molecule has 2 rings (SSSR count). The number of alkyl halides is 1. The predicted molar refractivity (Wildman–Crippen MR) is 79.5 cm³/mol. The maximum atomic E-state index is 4.19. The van der Waals surface area contributed by atoms with Crippen molar-refractivity contribution < 1.29 is 0 Å². The molecule has 0 fully saturated rings. The largest absolute Gasteiger partial charge is 0.213 e. The summed E-state index contributed by atoms with van der Waals surface area (Å²) in [6.07, 6.45) is 6.00. The Hall–Kier alpha value is -1.68. The Labute approximate surface area is 115 Å². The Balaban J connectivity index is 2.49. The highest BCUT2D eigenvalue weighted by Crippen LogP contribution is 2.16. The summed E-state index contributed by atoms with van der Waals surface area (Å²) in [7, 11) is 0. The summed E-state index contributed by atoms with van der Waals surface area (Å²) in [5.41, 5.74) is 3.86. The van der Waals surface area contributed by atoms with Crippen LogP contribution in [0.3, 0.4) is 0 Å². The summed E-state index contributed by atoms with van der Waals surface area (Å²) >= 11 is 3.41. The summed E-state index contributed by atoms with van der Waals surface area (Å²) in [4.78, 5) is 0. The van der Waals surface area contributed by atoms with Gasteiger partial charge in [-0.3, -0.25) is 0 Å². The minimum atomic E-state index is 0.761. The van der Waals surface area contributed by atoms with Crippen molar-refractivity contribution >= 4 is 32.7 Å². The van der Waals surface area contributed by atoms with Crippen molar-refractivity contribution in [2.24, 2.45) is 0 Å². The lowest BCUT2D eigenvalue weighted by Crippen LogP contribution is -1.97. The zero-order chi connectivity index (χ0) is 13.0. The van der Waals surface area contributed by atoms with Crippen LogP contribution in [-0.4, -0.2) is 20.3 Å². The van der Waals surface area contributed by atoms with Gasteiger partial charge < -0.3 is 0 Å². The smallest absolute Gasteiger partial charge is 0.113 e. The number of fused-ring (bicyclic) bond motifs is 1. The van der Waals surface area contributed by atoms with Gasteiger partial charge in [0.15, 0.2) is 0 Å². The number of rotatable bonds is 4. The Morgan fingerprint density at radius 2 is 2.17 bits per heavy atom. The van der Waals surface area contributed by atoms with E-state index in [1.165, 1.54) is 0 Å². The average Bonchev–Trinajstić information content (AvgIpc) is 2.78. The molecule has 0 unspecified atom stereocenters. The van der Waals surface area contributed by atoms with Gasteiger partial charge in [0.25, 0.3) is 0 Å². The summed E-state index contributed by atoms with van der Waals surface area (Å²) in [6, 6.07) is 7.90. The third-order valence-electron chi connectivity index (χ3n) is 2.42. The topological polar surface area (TPSA) is 30.7 Å². The SMILES string of the molecule is C=C(C)/C=C\C(=C/CBr)n1nnc2ccccc21. The zero-order valence-electron chi connectivity index (χ0n) is 10.2. The molecule has 0 aliphatic heterocycles. The fourth-order valence-corrected chi connectivity index (χ4v) is 1.92. The van der Waals surface area contributed by atoms with E-state index in [0.29, 0.717) is 0 Å². The van der Waals surface area contributed by atoms with Crippen LogP contribution in [0.5, 0.6) is 0 Å². The minimum Gasteiger partial charge on any atom is -0.213 e. The van der Waals surface area contributed by atoms with E-state index < -0.39 is 0 Å². The summed E-state index contributed by atoms with van der Waals surface area (Å²) in [6.45, 7) is 5.82. The van der Waals surface area contributed by atoms with Gasteiger partial charge >= 0.3 is 0 Å². The molecule has 0 N–H and O–H groups in total. The van der Waals surface area contributed by atoms with E-state index in [1.54, 1.807) is 0 Å². The maximum Gasteiger partial charge on any atom is 0.113 e. The van der Waals surface area contributed by atoms with E-state index in [1.807, 2.05) is 54.1 Å². The van der Waals surface area contributed by atoms with Crippen molar-refractivity contribution in [2.75, 3.05) is 5.33 Å². The van der Waals surface area contributed by atoms with Crippen LogP contribution in [0, 0.1) is 0 Å². The van der Waals surface area contributed by atoms with Crippen molar-refractivity contribution in [1.82, 2.24) is 15.0 Å². The average molecular weight is 304 g/mol. The van der Waals surface area contributed by atoms with Gasteiger partial charge in [0.2, 0.25) is 0 Å². The van der Waals surface area contributed by atoms with Crippen LogP contribution >= 0.6 is 15.9 Å². The molecule has 3 nitrogen and oxygen atoms in total. The normalized spacial score (nSPS) is 12.4. The van der Waals surface area contributed by atoms with Gasteiger partial charge in [0, 0.05) is 5.33 Å². The first-order valence-corrected chi connectivity index (χ1v) is 6.75. The molecule has 4 heteroatoms. The molecule has 0 aliphatic carbocycles. The molecule has 0 aliphatic rings. The van der Waals surface area contributed by atoms with E-state index in [4.69, 9.17) is 0 Å².